The minimum atomic E-state index is -0.0911. The van der Waals surface area contributed by atoms with Crippen molar-refractivity contribution in [1.29, 1.82) is 0 Å². The number of nitrogens with one attached hydrogen (secondary N) is 1. The van der Waals surface area contributed by atoms with Gasteiger partial charge in [0.2, 0.25) is 0 Å². The van der Waals surface area contributed by atoms with Crippen LogP contribution in [-0.2, 0) is 0 Å². The minimum Gasteiger partial charge on any atom is -0.314 e. The first-order valence-corrected chi connectivity index (χ1v) is 8.27. The molecule has 0 bridgehead atoms. The molecule has 1 fully saturated rings. The van der Waals surface area contributed by atoms with Gasteiger partial charge in [0.1, 0.15) is 5.82 Å². The van der Waals surface area contributed by atoms with Crippen LogP contribution in [0.1, 0.15) is 38.3 Å². The average Bonchev–Trinajstić information content (AvgIpc) is 2.42. The van der Waals surface area contributed by atoms with Crippen molar-refractivity contribution in [2.24, 2.45) is 5.92 Å². The summed E-state index contributed by atoms with van der Waals surface area (Å²) in [6.07, 6.45) is 2.15. The third kappa shape index (κ3) is 4.27. The minimum absolute atomic E-state index is 0.0911. The molecule has 1 aliphatic heterocycles. The molecule has 2 nitrogen and oxygen atoms in total. The van der Waals surface area contributed by atoms with Crippen LogP contribution in [-0.4, -0.2) is 31.1 Å². The lowest BCUT2D eigenvalue weighted by Crippen LogP contribution is -2.45. The van der Waals surface area contributed by atoms with Gasteiger partial charge < -0.3 is 5.32 Å². The standard InChI is InChI=1S/C16H24BrFN2/c1-12(2)3-6-16(20-9-7-19-8-10-20)14-5-4-13(17)11-15(14)18/h4-5,11-12,16,19H,3,6-10H2,1-2H3/t16-/m1/s1. The van der Waals surface area contributed by atoms with Crippen LogP contribution in [0.4, 0.5) is 4.39 Å². The van der Waals surface area contributed by atoms with Crippen molar-refractivity contribution < 1.29 is 4.39 Å². The average molecular weight is 343 g/mol. The quantitative estimate of drug-likeness (QED) is 0.870. The molecule has 1 heterocycles. The maximum atomic E-state index is 14.3. The largest absolute Gasteiger partial charge is 0.314 e. The van der Waals surface area contributed by atoms with Crippen molar-refractivity contribution in [3.63, 3.8) is 0 Å². The van der Waals surface area contributed by atoms with Gasteiger partial charge in [-0.25, -0.2) is 4.39 Å². The fourth-order valence-electron chi connectivity index (χ4n) is 2.79. The smallest absolute Gasteiger partial charge is 0.129 e. The molecule has 112 valence electrons. The SMILES string of the molecule is CC(C)CC[C@H](c1ccc(Br)cc1F)N1CCNCC1. The second-order valence-corrected chi connectivity index (χ2v) is 6.85. The van der Waals surface area contributed by atoms with E-state index in [9.17, 15) is 4.39 Å². The van der Waals surface area contributed by atoms with Gasteiger partial charge in [-0.2, -0.15) is 0 Å². The van der Waals surface area contributed by atoms with Crippen molar-refractivity contribution in [2.75, 3.05) is 26.2 Å². The summed E-state index contributed by atoms with van der Waals surface area (Å²) in [7, 11) is 0. The Hall–Kier alpha value is -0.450. The Bertz CT molecular complexity index is 430. The van der Waals surface area contributed by atoms with Crippen molar-refractivity contribution in [1.82, 2.24) is 10.2 Å². The summed E-state index contributed by atoms with van der Waals surface area (Å²) in [6, 6.07) is 5.67. The van der Waals surface area contributed by atoms with Crippen LogP contribution in [0.3, 0.4) is 0 Å². The molecule has 1 saturated heterocycles. The van der Waals surface area contributed by atoms with Gasteiger partial charge in [-0.1, -0.05) is 35.8 Å². The highest BCUT2D eigenvalue weighted by Crippen LogP contribution is 2.30. The van der Waals surface area contributed by atoms with E-state index in [0.717, 1.165) is 49.1 Å². The highest BCUT2D eigenvalue weighted by Gasteiger charge is 2.24. The van der Waals surface area contributed by atoms with E-state index in [0.29, 0.717) is 5.92 Å². The van der Waals surface area contributed by atoms with Crippen molar-refractivity contribution in [3.05, 3.63) is 34.1 Å². The molecular formula is C16H24BrFN2. The van der Waals surface area contributed by atoms with E-state index < -0.39 is 0 Å². The Kier molecular flexibility index (Phi) is 6.00. The van der Waals surface area contributed by atoms with Gasteiger partial charge in [-0.15, -0.1) is 0 Å². The summed E-state index contributed by atoms with van der Waals surface area (Å²) in [6.45, 7) is 8.45. The predicted molar refractivity (Wildman–Crippen MR) is 85.4 cm³/mol. The van der Waals surface area contributed by atoms with Crippen LogP contribution >= 0.6 is 15.9 Å². The van der Waals surface area contributed by atoms with Gasteiger partial charge in [-0.05, 0) is 30.9 Å². The molecule has 0 amide bonds. The molecule has 0 aromatic heterocycles. The van der Waals surface area contributed by atoms with Gasteiger partial charge in [0.25, 0.3) is 0 Å². The summed E-state index contributed by atoms with van der Waals surface area (Å²) in [4.78, 5) is 2.42. The first-order valence-electron chi connectivity index (χ1n) is 7.47. The Labute approximate surface area is 129 Å². The number of piperazine rings is 1. The number of rotatable bonds is 5. The van der Waals surface area contributed by atoms with E-state index in [2.05, 4.69) is 40.0 Å². The van der Waals surface area contributed by atoms with E-state index in [1.807, 2.05) is 12.1 Å². The lowest BCUT2D eigenvalue weighted by atomic mass is 9.95. The monoisotopic (exact) mass is 342 g/mol. The lowest BCUT2D eigenvalue weighted by Gasteiger charge is -2.35. The molecular weight excluding hydrogens is 319 g/mol. The topological polar surface area (TPSA) is 15.3 Å². The summed E-state index contributed by atoms with van der Waals surface area (Å²) < 4.78 is 15.1. The Balaban J connectivity index is 2.19. The molecule has 20 heavy (non-hydrogen) atoms. The molecule has 0 radical (unpaired) electrons. The summed E-state index contributed by atoms with van der Waals surface area (Å²) in [5.41, 5.74) is 0.843. The van der Waals surface area contributed by atoms with Crippen LogP contribution in [0.5, 0.6) is 0 Å². The van der Waals surface area contributed by atoms with Crippen molar-refractivity contribution in [2.45, 2.75) is 32.7 Å². The molecule has 0 aliphatic carbocycles. The third-order valence-electron chi connectivity index (χ3n) is 3.93. The number of hydrogen-bond donors (Lipinski definition) is 1. The summed E-state index contributed by atoms with van der Waals surface area (Å²) in [5, 5.41) is 3.37. The Morgan fingerprint density at radius 2 is 1.95 bits per heavy atom. The molecule has 1 aliphatic rings. The maximum Gasteiger partial charge on any atom is 0.129 e. The van der Waals surface area contributed by atoms with Crippen LogP contribution in [0.25, 0.3) is 0 Å². The fourth-order valence-corrected chi connectivity index (χ4v) is 3.12. The van der Waals surface area contributed by atoms with Crippen molar-refractivity contribution in [3.8, 4) is 0 Å². The second-order valence-electron chi connectivity index (χ2n) is 5.94. The van der Waals surface area contributed by atoms with Gasteiger partial charge in [-0.3, -0.25) is 4.90 Å². The molecule has 1 atom stereocenters. The number of nitrogens with zero attached hydrogens (tertiary/aromatic N) is 1. The summed E-state index contributed by atoms with van der Waals surface area (Å²) >= 11 is 3.34. The normalized spacial score (nSPS) is 18.4. The molecule has 2 rings (SSSR count). The van der Waals surface area contributed by atoms with E-state index in [1.165, 1.54) is 0 Å². The lowest BCUT2D eigenvalue weighted by molar-refractivity contribution is 0.156. The zero-order valence-corrected chi connectivity index (χ0v) is 13.9. The van der Waals surface area contributed by atoms with Crippen LogP contribution in [0.2, 0.25) is 0 Å². The van der Waals surface area contributed by atoms with Gasteiger partial charge in [0, 0.05) is 42.3 Å². The predicted octanol–water partition coefficient (Wildman–Crippen LogP) is 3.97. The summed E-state index contributed by atoms with van der Waals surface area (Å²) in [5.74, 6) is 0.561. The highest BCUT2D eigenvalue weighted by molar-refractivity contribution is 9.10. The first kappa shape index (κ1) is 15.9. The van der Waals surface area contributed by atoms with Gasteiger partial charge in [0.15, 0.2) is 0 Å². The number of benzene rings is 1. The zero-order valence-electron chi connectivity index (χ0n) is 12.3. The van der Waals surface area contributed by atoms with E-state index >= 15 is 0 Å². The van der Waals surface area contributed by atoms with Crippen LogP contribution in [0.15, 0.2) is 22.7 Å². The molecule has 1 N–H and O–H groups in total. The molecule has 0 saturated carbocycles. The highest BCUT2D eigenvalue weighted by atomic mass is 79.9. The van der Waals surface area contributed by atoms with E-state index in [4.69, 9.17) is 0 Å². The molecule has 0 spiro atoms. The van der Waals surface area contributed by atoms with Crippen LogP contribution < -0.4 is 5.32 Å². The Morgan fingerprint density at radius 3 is 2.55 bits per heavy atom. The molecule has 4 heteroatoms. The molecule has 0 unspecified atom stereocenters. The second kappa shape index (κ2) is 7.53. The first-order chi connectivity index (χ1) is 9.58. The van der Waals surface area contributed by atoms with Gasteiger partial charge in [0.05, 0.1) is 0 Å². The Morgan fingerprint density at radius 1 is 1.25 bits per heavy atom. The fraction of sp³-hybridized carbons (Fsp3) is 0.625. The van der Waals surface area contributed by atoms with Crippen molar-refractivity contribution >= 4 is 15.9 Å². The number of hydrogen-bond acceptors (Lipinski definition) is 2. The third-order valence-corrected chi connectivity index (χ3v) is 4.42. The van der Waals surface area contributed by atoms with E-state index in [1.54, 1.807) is 6.07 Å². The maximum absolute atomic E-state index is 14.3. The molecule has 1 aromatic rings. The van der Waals surface area contributed by atoms with Crippen LogP contribution in [0, 0.1) is 11.7 Å². The molecule has 1 aromatic carbocycles. The zero-order chi connectivity index (χ0) is 14.5. The van der Waals surface area contributed by atoms with Gasteiger partial charge >= 0.3 is 0 Å². The number of halogens is 2. The van der Waals surface area contributed by atoms with E-state index in [-0.39, 0.29) is 11.9 Å².